The molecule has 23 heavy (non-hydrogen) atoms. The third-order valence-corrected chi connectivity index (χ3v) is 5.44. The molecular weight excluding hydrogens is 360 g/mol. The largest absolute Gasteiger partial charge is 0.384 e. The number of benzene rings is 1. The van der Waals surface area contributed by atoms with Crippen LogP contribution < -0.4 is 10.9 Å². The van der Waals surface area contributed by atoms with Gasteiger partial charge in [0.2, 0.25) is 10.0 Å². The molecule has 3 rings (SSSR count). The van der Waals surface area contributed by atoms with Crippen LogP contribution in [0.5, 0.6) is 0 Å². The van der Waals surface area contributed by atoms with Gasteiger partial charge in [-0.1, -0.05) is 22.9 Å². The Morgan fingerprint density at radius 2 is 2.13 bits per heavy atom. The van der Waals surface area contributed by atoms with Crippen molar-refractivity contribution in [3.05, 3.63) is 34.9 Å². The van der Waals surface area contributed by atoms with Gasteiger partial charge in [-0.3, -0.25) is 0 Å². The maximum Gasteiger partial charge on any atom is 0.238 e. The zero-order valence-electron chi connectivity index (χ0n) is 11.5. The number of sulfonamides is 1. The van der Waals surface area contributed by atoms with E-state index in [1.165, 1.54) is 23.9 Å². The van der Waals surface area contributed by atoms with Crippen LogP contribution in [-0.2, 0) is 15.8 Å². The molecule has 0 spiro atoms. The van der Waals surface area contributed by atoms with Crippen LogP contribution in [0.4, 0.5) is 5.82 Å². The van der Waals surface area contributed by atoms with Gasteiger partial charge in [0, 0.05) is 21.2 Å². The minimum atomic E-state index is -3.87. The smallest absolute Gasteiger partial charge is 0.238 e. The van der Waals surface area contributed by atoms with Crippen molar-refractivity contribution < 1.29 is 8.42 Å². The normalized spacial score (nSPS) is 11.9. The molecule has 5 N–H and O–H groups in total. The van der Waals surface area contributed by atoms with E-state index in [1.54, 1.807) is 12.1 Å². The molecule has 0 aliphatic rings. The van der Waals surface area contributed by atoms with Crippen LogP contribution in [0.2, 0.25) is 5.02 Å². The van der Waals surface area contributed by atoms with Crippen LogP contribution in [0.25, 0.3) is 11.2 Å². The highest BCUT2D eigenvalue weighted by Crippen LogP contribution is 2.33. The molecular formula is C12H11ClN6O2S2. The number of nitrogens with zero attached hydrogens (tertiary/aromatic N) is 3. The fraction of sp³-hybridized carbons (Fsp3) is 0.0833. The lowest BCUT2D eigenvalue weighted by atomic mass is 10.2. The third kappa shape index (κ3) is 3.24. The number of H-pyrrole nitrogens is 1. The minimum Gasteiger partial charge on any atom is -0.384 e. The number of aromatic nitrogens is 4. The topological polar surface area (TPSA) is 141 Å². The summed E-state index contributed by atoms with van der Waals surface area (Å²) in [5.41, 5.74) is 7.17. The molecule has 1 aromatic carbocycles. The Morgan fingerprint density at radius 1 is 1.35 bits per heavy atom. The summed E-state index contributed by atoms with van der Waals surface area (Å²) in [6, 6.07) is 6.21. The molecule has 2 aromatic heterocycles. The van der Waals surface area contributed by atoms with Crippen molar-refractivity contribution in [2.45, 2.75) is 15.5 Å². The highest BCUT2D eigenvalue weighted by atomic mass is 35.5. The van der Waals surface area contributed by atoms with E-state index < -0.39 is 10.0 Å². The average molecular weight is 371 g/mol. The number of fused-ring (bicyclic) bond motifs is 1. The predicted octanol–water partition coefficient (Wildman–Crippen LogP) is 1.53. The highest BCUT2D eigenvalue weighted by Gasteiger charge is 2.17. The molecule has 11 heteroatoms. The minimum absolute atomic E-state index is 0.00377. The lowest BCUT2D eigenvalue weighted by Gasteiger charge is -2.10. The first-order valence-electron chi connectivity index (χ1n) is 6.26. The van der Waals surface area contributed by atoms with Gasteiger partial charge in [0.25, 0.3) is 0 Å². The number of hydrogen-bond acceptors (Lipinski definition) is 7. The van der Waals surface area contributed by atoms with Crippen molar-refractivity contribution >= 4 is 50.4 Å². The molecule has 0 saturated carbocycles. The zero-order chi connectivity index (χ0) is 16.6. The summed E-state index contributed by atoms with van der Waals surface area (Å²) in [6.07, 6.45) is 0. The molecule has 0 fully saturated rings. The second-order valence-corrected chi connectivity index (χ2v) is 7.56. The molecule has 2 heterocycles. The molecule has 120 valence electrons. The van der Waals surface area contributed by atoms with Crippen LogP contribution in [0.1, 0.15) is 5.56 Å². The molecule has 0 atom stereocenters. The molecule has 0 radical (unpaired) electrons. The first kappa shape index (κ1) is 16.0. The van der Waals surface area contributed by atoms with Gasteiger partial charge < -0.3 is 5.73 Å². The molecule has 0 bridgehead atoms. The van der Waals surface area contributed by atoms with E-state index in [0.29, 0.717) is 32.5 Å². The number of pyridine rings is 1. The van der Waals surface area contributed by atoms with Gasteiger partial charge in [0.15, 0.2) is 5.65 Å². The molecule has 0 unspecified atom stereocenters. The van der Waals surface area contributed by atoms with Crippen LogP contribution in [0.3, 0.4) is 0 Å². The van der Waals surface area contributed by atoms with Crippen molar-refractivity contribution in [2.75, 3.05) is 5.73 Å². The number of anilines is 1. The first-order chi connectivity index (χ1) is 10.9. The summed E-state index contributed by atoms with van der Waals surface area (Å²) < 4.78 is 23.4. The quantitative estimate of drug-likeness (QED) is 0.591. The van der Waals surface area contributed by atoms with E-state index in [4.69, 9.17) is 22.5 Å². The summed E-state index contributed by atoms with van der Waals surface area (Å²) >= 11 is 7.44. The predicted molar refractivity (Wildman–Crippen MR) is 88.5 cm³/mol. The van der Waals surface area contributed by atoms with Crippen molar-refractivity contribution in [3.8, 4) is 0 Å². The van der Waals surface area contributed by atoms with Crippen LogP contribution in [0.15, 0.2) is 34.1 Å². The molecule has 0 amide bonds. The van der Waals surface area contributed by atoms with E-state index in [0.717, 1.165) is 0 Å². The summed E-state index contributed by atoms with van der Waals surface area (Å²) in [4.78, 5) is 4.77. The Labute approximate surface area is 140 Å². The van der Waals surface area contributed by atoms with E-state index >= 15 is 0 Å². The van der Waals surface area contributed by atoms with Gasteiger partial charge in [0.1, 0.15) is 11.3 Å². The lowest BCUT2D eigenvalue weighted by Crippen LogP contribution is -2.14. The number of nitrogens with one attached hydrogen (secondary N) is 1. The van der Waals surface area contributed by atoms with Crippen molar-refractivity contribution in [1.29, 1.82) is 0 Å². The van der Waals surface area contributed by atoms with Gasteiger partial charge in [0.05, 0.1) is 4.90 Å². The number of nitrogen functional groups attached to an aromatic ring is 1. The molecule has 0 aliphatic heterocycles. The van der Waals surface area contributed by atoms with Crippen LogP contribution >= 0.6 is 23.4 Å². The fourth-order valence-corrected chi connectivity index (χ4v) is 4.39. The molecule has 3 aromatic rings. The Bertz CT molecular complexity index is 988. The second-order valence-electron chi connectivity index (χ2n) is 4.60. The zero-order valence-corrected chi connectivity index (χ0v) is 13.9. The van der Waals surface area contributed by atoms with Crippen molar-refractivity contribution in [2.24, 2.45) is 5.14 Å². The Kier molecular flexibility index (Phi) is 4.15. The summed E-state index contributed by atoms with van der Waals surface area (Å²) in [7, 11) is -3.87. The van der Waals surface area contributed by atoms with Crippen LogP contribution in [-0.4, -0.2) is 28.8 Å². The molecule has 0 saturated heterocycles. The van der Waals surface area contributed by atoms with E-state index in [1.807, 2.05) is 0 Å². The van der Waals surface area contributed by atoms with Gasteiger partial charge in [-0.25, -0.2) is 23.6 Å². The lowest BCUT2D eigenvalue weighted by molar-refractivity contribution is 0.597. The second kappa shape index (κ2) is 5.96. The number of aromatic amines is 1. The maximum atomic E-state index is 11.7. The van der Waals surface area contributed by atoms with E-state index in [9.17, 15) is 8.42 Å². The number of hydrogen-bond donors (Lipinski definition) is 3. The Morgan fingerprint density at radius 3 is 2.87 bits per heavy atom. The monoisotopic (exact) mass is 370 g/mol. The van der Waals surface area contributed by atoms with Crippen molar-refractivity contribution in [3.63, 3.8) is 0 Å². The van der Waals surface area contributed by atoms with Gasteiger partial charge in [-0.05, 0) is 18.2 Å². The highest BCUT2D eigenvalue weighted by molar-refractivity contribution is 7.98. The summed E-state index contributed by atoms with van der Waals surface area (Å²) in [6.45, 7) is 0. The standard InChI is InChI=1S/C12H11ClN6O2S2/c13-7-2-1-3-9(23(15,20)21)6(7)5-22-8-4-10(14)16-12-11(8)17-19-18-12/h1-4H,5H2,(H2,15,20,21)(H3,14,16,17,18,19). The SMILES string of the molecule is Nc1cc(SCc2c(Cl)cccc2S(N)(=O)=O)c2nn[nH]c2n1. The van der Waals surface area contributed by atoms with E-state index in [2.05, 4.69) is 20.4 Å². The van der Waals surface area contributed by atoms with Gasteiger partial charge in [-0.15, -0.1) is 16.9 Å². The number of halogens is 1. The molecule has 0 aliphatic carbocycles. The number of thioether (sulfide) groups is 1. The Balaban J connectivity index is 1.99. The van der Waals surface area contributed by atoms with Crippen LogP contribution in [0, 0.1) is 0 Å². The van der Waals surface area contributed by atoms with Gasteiger partial charge >= 0.3 is 0 Å². The first-order valence-corrected chi connectivity index (χ1v) is 9.17. The molecule has 8 nitrogen and oxygen atoms in total. The maximum absolute atomic E-state index is 11.7. The number of primary sulfonamides is 1. The Hall–Kier alpha value is -1.88. The number of rotatable bonds is 4. The number of nitrogens with two attached hydrogens (primary N) is 2. The third-order valence-electron chi connectivity index (χ3n) is 3.04. The van der Waals surface area contributed by atoms with Crippen molar-refractivity contribution in [1.82, 2.24) is 20.4 Å². The summed E-state index contributed by atoms with van der Waals surface area (Å²) in [5, 5.41) is 15.8. The summed E-state index contributed by atoms with van der Waals surface area (Å²) in [5.74, 6) is 0.577. The van der Waals surface area contributed by atoms with Gasteiger partial charge in [-0.2, -0.15) is 0 Å². The average Bonchev–Trinajstić information content (AvgIpc) is 2.92. The van der Waals surface area contributed by atoms with E-state index in [-0.39, 0.29) is 10.6 Å². The fourth-order valence-electron chi connectivity index (χ4n) is 2.04.